The van der Waals surface area contributed by atoms with E-state index < -0.39 is 11.7 Å². The molecule has 7 nitrogen and oxygen atoms in total. The lowest BCUT2D eigenvalue weighted by atomic mass is 10.2. The third-order valence-corrected chi connectivity index (χ3v) is 4.06. The van der Waals surface area contributed by atoms with Gasteiger partial charge in [-0.2, -0.15) is 23.3 Å². The largest absolute Gasteiger partial charge is 0.416 e. The SMILES string of the molecule is Cc1cc(NC(=O)CCc2nc(C)no2)n(-c2cc(C(F)(F)F)ccc2Cl)n1. The van der Waals surface area contributed by atoms with Gasteiger partial charge in [-0.15, -0.1) is 0 Å². The molecule has 0 unspecified atom stereocenters. The van der Waals surface area contributed by atoms with Crippen LogP contribution >= 0.6 is 11.6 Å². The fraction of sp³-hybridized carbons (Fsp3) is 0.294. The van der Waals surface area contributed by atoms with Crippen LogP contribution in [0.5, 0.6) is 0 Å². The molecule has 1 aromatic carbocycles. The van der Waals surface area contributed by atoms with Crippen LogP contribution in [0, 0.1) is 13.8 Å². The fourth-order valence-corrected chi connectivity index (χ4v) is 2.69. The average molecular weight is 414 g/mol. The first kappa shape index (κ1) is 19.9. The quantitative estimate of drug-likeness (QED) is 0.680. The van der Waals surface area contributed by atoms with E-state index in [0.717, 1.165) is 18.2 Å². The van der Waals surface area contributed by atoms with Crippen LogP contribution in [0.15, 0.2) is 28.8 Å². The summed E-state index contributed by atoms with van der Waals surface area (Å²) in [7, 11) is 0. The van der Waals surface area contributed by atoms with Gasteiger partial charge in [-0.3, -0.25) is 4.79 Å². The summed E-state index contributed by atoms with van der Waals surface area (Å²) in [4.78, 5) is 16.2. The Hall–Kier alpha value is -2.88. The number of carbonyl (C=O) groups is 1. The number of hydrogen-bond donors (Lipinski definition) is 1. The van der Waals surface area contributed by atoms with Crippen molar-refractivity contribution in [3.8, 4) is 5.69 Å². The molecule has 3 aromatic rings. The third kappa shape index (κ3) is 4.50. The van der Waals surface area contributed by atoms with Crippen molar-refractivity contribution < 1.29 is 22.5 Å². The first-order valence-electron chi connectivity index (χ1n) is 8.16. The lowest BCUT2D eigenvalue weighted by molar-refractivity contribution is -0.137. The van der Waals surface area contributed by atoms with Crippen LogP contribution in [0.25, 0.3) is 5.69 Å². The molecule has 2 aromatic heterocycles. The number of alkyl halides is 3. The van der Waals surface area contributed by atoms with Crippen molar-refractivity contribution in [2.24, 2.45) is 0 Å². The number of hydrogen-bond acceptors (Lipinski definition) is 5. The van der Waals surface area contributed by atoms with Gasteiger partial charge in [-0.1, -0.05) is 16.8 Å². The predicted octanol–water partition coefficient (Wildman–Crippen LogP) is 4.12. The van der Waals surface area contributed by atoms with Crippen LogP contribution in [0.2, 0.25) is 5.02 Å². The topological polar surface area (TPSA) is 85.8 Å². The molecule has 1 N–H and O–H groups in total. The number of aryl methyl sites for hydroxylation is 3. The number of carbonyl (C=O) groups excluding carboxylic acids is 1. The molecule has 0 aliphatic heterocycles. The molecule has 0 radical (unpaired) electrons. The molecule has 0 aliphatic carbocycles. The van der Waals surface area contributed by atoms with E-state index >= 15 is 0 Å². The lowest BCUT2D eigenvalue weighted by Gasteiger charge is -2.13. The molecule has 3 rings (SSSR count). The van der Waals surface area contributed by atoms with Crippen LogP contribution in [0.1, 0.15) is 29.4 Å². The van der Waals surface area contributed by atoms with E-state index in [1.54, 1.807) is 13.8 Å². The molecule has 0 saturated heterocycles. The van der Waals surface area contributed by atoms with Crippen LogP contribution in [-0.4, -0.2) is 25.8 Å². The van der Waals surface area contributed by atoms with Crippen molar-refractivity contribution in [2.75, 3.05) is 5.32 Å². The summed E-state index contributed by atoms with van der Waals surface area (Å²) in [6, 6.07) is 4.43. The normalized spacial score (nSPS) is 11.6. The zero-order valence-electron chi connectivity index (χ0n) is 14.8. The van der Waals surface area contributed by atoms with E-state index in [4.69, 9.17) is 16.1 Å². The Morgan fingerprint density at radius 3 is 2.68 bits per heavy atom. The fourth-order valence-electron chi connectivity index (χ4n) is 2.49. The van der Waals surface area contributed by atoms with E-state index in [1.165, 1.54) is 10.7 Å². The third-order valence-electron chi connectivity index (χ3n) is 3.74. The molecule has 0 fully saturated rings. The van der Waals surface area contributed by atoms with Gasteiger partial charge in [0.15, 0.2) is 5.82 Å². The van der Waals surface area contributed by atoms with Crippen molar-refractivity contribution >= 4 is 23.3 Å². The molecule has 0 aliphatic rings. The van der Waals surface area contributed by atoms with Crippen LogP contribution in [0.4, 0.5) is 19.0 Å². The minimum Gasteiger partial charge on any atom is -0.339 e. The van der Waals surface area contributed by atoms with Crippen molar-refractivity contribution in [2.45, 2.75) is 32.9 Å². The highest BCUT2D eigenvalue weighted by Crippen LogP contribution is 2.34. The molecule has 0 spiro atoms. The number of anilines is 1. The van der Waals surface area contributed by atoms with Gasteiger partial charge in [-0.05, 0) is 32.0 Å². The van der Waals surface area contributed by atoms with E-state index in [-0.39, 0.29) is 35.3 Å². The maximum atomic E-state index is 13.0. The summed E-state index contributed by atoms with van der Waals surface area (Å²) in [6.45, 7) is 3.31. The monoisotopic (exact) mass is 413 g/mol. The van der Waals surface area contributed by atoms with Gasteiger partial charge in [-0.25, -0.2) is 4.68 Å². The molecule has 28 heavy (non-hydrogen) atoms. The molecule has 0 atom stereocenters. The van der Waals surface area contributed by atoms with Gasteiger partial charge >= 0.3 is 6.18 Å². The van der Waals surface area contributed by atoms with Crippen LogP contribution in [0.3, 0.4) is 0 Å². The van der Waals surface area contributed by atoms with E-state index in [1.807, 2.05) is 0 Å². The highest BCUT2D eigenvalue weighted by molar-refractivity contribution is 6.32. The van der Waals surface area contributed by atoms with Crippen molar-refractivity contribution in [1.82, 2.24) is 19.9 Å². The van der Waals surface area contributed by atoms with Gasteiger partial charge < -0.3 is 9.84 Å². The van der Waals surface area contributed by atoms with Crippen molar-refractivity contribution in [1.29, 1.82) is 0 Å². The van der Waals surface area contributed by atoms with Crippen LogP contribution < -0.4 is 5.32 Å². The second kappa shape index (κ2) is 7.63. The Bertz CT molecular complexity index is 1010. The highest BCUT2D eigenvalue weighted by Gasteiger charge is 2.31. The number of amides is 1. The van der Waals surface area contributed by atoms with Gasteiger partial charge in [0.25, 0.3) is 0 Å². The van der Waals surface area contributed by atoms with Gasteiger partial charge in [0.1, 0.15) is 5.82 Å². The van der Waals surface area contributed by atoms with Crippen molar-refractivity contribution in [3.63, 3.8) is 0 Å². The molecule has 2 heterocycles. The molecule has 0 saturated carbocycles. The molecule has 1 amide bonds. The van der Waals surface area contributed by atoms with Gasteiger partial charge in [0, 0.05) is 18.9 Å². The Kier molecular flexibility index (Phi) is 5.41. The van der Waals surface area contributed by atoms with Gasteiger partial charge in [0.2, 0.25) is 11.8 Å². The number of nitrogens with one attached hydrogen (secondary N) is 1. The lowest BCUT2D eigenvalue weighted by Crippen LogP contribution is -2.16. The minimum absolute atomic E-state index is 0.00687. The van der Waals surface area contributed by atoms with E-state index in [0.29, 0.717) is 17.4 Å². The minimum atomic E-state index is -4.53. The van der Waals surface area contributed by atoms with E-state index in [2.05, 4.69) is 20.6 Å². The standard InChI is InChI=1S/C17H15ClF3N5O2/c1-9-7-14(23-15(27)5-6-16-22-10(2)25-28-16)26(24-9)13-8-11(17(19,20)21)3-4-12(13)18/h3-4,7-8H,5-6H2,1-2H3,(H,23,27). The number of halogens is 4. The molecule has 0 bridgehead atoms. The number of aromatic nitrogens is 4. The Morgan fingerprint density at radius 1 is 1.29 bits per heavy atom. The summed E-state index contributed by atoms with van der Waals surface area (Å²) in [5.74, 6) is 0.590. The zero-order valence-corrected chi connectivity index (χ0v) is 15.6. The summed E-state index contributed by atoms with van der Waals surface area (Å²) < 4.78 is 45.2. The van der Waals surface area contributed by atoms with Gasteiger partial charge in [0.05, 0.1) is 22.0 Å². The number of rotatable bonds is 5. The number of nitrogens with zero attached hydrogens (tertiary/aromatic N) is 4. The summed E-state index contributed by atoms with van der Waals surface area (Å²) >= 11 is 6.07. The van der Waals surface area contributed by atoms with Crippen LogP contribution in [-0.2, 0) is 17.4 Å². The maximum absolute atomic E-state index is 13.0. The summed E-state index contributed by atoms with van der Waals surface area (Å²) in [5.41, 5.74) is -0.368. The molecule has 11 heteroatoms. The zero-order chi connectivity index (χ0) is 20.5. The Labute approximate surface area is 162 Å². The molecule has 148 valence electrons. The molecular formula is C17H15ClF3N5O2. The Morgan fingerprint density at radius 2 is 2.04 bits per heavy atom. The molecular weight excluding hydrogens is 399 g/mol. The first-order chi connectivity index (χ1) is 13.1. The smallest absolute Gasteiger partial charge is 0.339 e. The summed E-state index contributed by atoms with van der Waals surface area (Å²) in [5, 5.41) is 10.5. The average Bonchev–Trinajstić information content (AvgIpc) is 3.18. The second-order valence-electron chi connectivity index (χ2n) is 6.03. The van der Waals surface area contributed by atoms with Crippen molar-refractivity contribution in [3.05, 3.63) is 52.3 Å². The highest BCUT2D eigenvalue weighted by atomic mass is 35.5. The summed E-state index contributed by atoms with van der Waals surface area (Å²) in [6.07, 6.45) is -4.26. The first-order valence-corrected chi connectivity index (χ1v) is 8.54. The number of benzene rings is 1. The predicted molar refractivity (Wildman–Crippen MR) is 94.3 cm³/mol. The van der Waals surface area contributed by atoms with E-state index in [9.17, 15) is 18.0 Å². The second-order valence-corrected chi connectivity index (χ2v) is 6.44. The Balaban J connectivity index is 1.82. The maximum Gasteiger partial charge on any atom is 0.416 e.